The highest BCUT2D eigenvalue weighted by molar-refractivity contribution is 9.10. The molecule has 4 aromatic carbocycles. The van der Waals surface area contributed by atoms with Crippen molar-refractivity contribution in [3.8, 4) is 11.5 Å². The number of rotatable bonds is 7. The van der Waals surface area contributed by atoms with Crippen LogP contribution in [0.25, 0.3) is 0 Å². The first kappa shape index (κ1) is 26.6. The number of amides is 2. The number of nitrogens with zero attached hydrogens (tertiary/aromatic N) is 2. The molecule has 2 heterocycles. The molecule has 202 valence electrons. The maximum absolute atomic E-state index is 14.0. The molecule has 9 heteroatoms. The summed E-state index contributed by atoms with van der Waals surface area (Å²) in [7, 11) is 1.57. The molecule has 0 radical (unpaired) electrons. The highest BCUT2D eigenvalue weighted by Gasteiger charge is 2.60. The lowest BCUT2D eigenvalue weighted by Gasteiger charge is -2.29. The Balaban J connectivity index is 1.40. The van der Waals surface area contributed by atoms with Gasteiger partial charge in [0, 0.05) is 8.95 Å². The number of hydroxylamine groups is 1. The van der Waals surface area contributed by atoms with E-state index >= 15 is 0 Å². The second-order valence-electron chi connectivity index (χ2n) is 9.45. The lowest BCUT2D eigenvalue weighted by atomic mass is 9.90. The van der Waals surface area contributed by atoms with Crippen LogP contribution in [0.4, 0.5) is 11.4 Å². The third-order valence-corrected chi connectivity index (χ3v) is 8.27. The van der Waals surface area contributed by atoms with Crippen LogP contribution in [0.2, 0.25) is 0 Å². The fraction of sp³-hybridized carbons (Fsp3) is 0.161. The lowest BCUT2D eigenvalue weighted by molar-refractivity contribution is -0.126. The Morgan fingerprint density at radius 2 is 1.48 bits per heavy atom. The molecule has 0 N–H and O–H groups in total. The molecule has 0 spiro atoms. The van der Waals surface area contributed by atoms with E-state index in [0.717, 1.165) is 21.3 Å². The number of benzene rings is 4. The average Bonchev–Trinajstić information content (AvgIpc) is 3.49. The molecule has 4 aromatic rings. The molecule has 40 heavy (non-hydrogen) atoms. The molecule has 7 nitrogen and oxygen atoms in total. The van der Waals surface area contributed by atoms with Crippen LogP contribution in [0.3, 0.4) is 0 Å². The van der Waals surface area contributed by atoms with Crippen LogP contribution < -0.4 is 19.4 Å². The molecule has 0 aromatic heterocycles. The van der Waals surface area contributed by atoms with Gasteiger partial charge in [0.1, 0.15) is 12.5 Å². The molecule has 2 amide bonds. The number of hydrogen-bond acceptors (Lipinski definition) is 6. The minimum absolute atomic E-state index is 0.323. The summed E-state index contributed by atoms with van der Waals surface area (Å²) in [5.41, 5.74) is 2.99. The highest BCUT2D eigenvalue weighted by atomic mass is 79.9. The number of imide groups is 1. The molecular weight excluding hydrogens is 640 g/mol. The molecule has 0 bridgehead atoms. The van der Waals surface area contributed by atoms with Crippen molar-refractivity contribution in [3.05, 3.63) is 117 Å². The number of para-hydroxylation sites is 1. The van der Waals surface area contributed by atoms with Crippen molar-refractivity contribution >= 4 is 55.0 Å². The van der Waals surface area contributed by atoms with E-state index in [1.165, 1.54) is 4.90 Å². The summed E-state index contributed by atoms with van der Waals surface area (Å²) < 4.78 is 13.4. The van der Waals surface area contributed by atoms with E-state index in [0.29, 0.717) is 28.3 Å². The molecule has 0 saturated carbocycles. The van der Waals surface area contributed by atoms with E-state index in [4.69, 9.17) is 14.3 Å². The molecule has 2 saturated heterocycles. The third kappa shape index (κ3) is 4.78. The molecule has 2 aliphatic heterocycles. The number of carbonyl (C=O) groups is 2. The molecule has 0 aliphatic carbocycles. The van der Waals surface area contributed by atoms with Gasteiger partial charge in [0.2, 0.25) is 5.91 Å². The fourth-order valence-corrected chi connectivity index (χ4v) is 5.98. The van der Waals surface area contributed by atoms with Crippen molar-refractivity contribution in [1.29, 1.82) is 0 Å². The van der Waals surface area contributed by atoms with E-state index in [-0.39, 0.29) is 5.91 Å². The Kier molecular flexibility index (Phi) is 7.35. The Morgan fingerprint density at radius 1 is 0.800 bits per heavy atom. The highest BCUT2D eigenvalue weighted by Crippen LogP contribution is 2.50. The molecule has 6 rings (SSSR count). The second kappa shape index (κ2) is 11.1. The summed E-state index contributed by atoms with van der Waals surface area (Å²) in [4.78, 5) is 35.1. The van der Waals surface area contributed by atoms with Gasteiger partial charge in [-0.15, -0.1) is 0 Å². The fourth-order valence-electron chi connectivity index (χ4n) is 5.16. The second-order valence-corrected chi connectivity index (χ2v) is 11.2. The number of fused-ring (bicyclic) bond motifs is 1. The normalized spacial score (nSPS) is 20.1. The quantitative estimate of drug-likeness (QED) is 0.202. The van der Waals surface area contributed by atoms with Gasteiger partial charge in [-0.25, -0.2) is 9.96 Å². The topological polar surface area (TPSA) is 68.3 Å². The predicted octanol–water partition coefficient (Wildman–Crippen LogP) is 6.85. The zero-order valence-corrected chi connectivity index (χ0v) is 24.5. The standard InChI is InChI=1S/C31H24Br2N2O5/c1-38-25-16-23(24(33)17-26(25)39-18-19-8-4-2-5-9-19)28-27-29(40-35(28)22-10-6-3-7-11-22)31(37)34(30(27)36)21-14-12-20(32)13-15-21/h2-17,27-29H,18H2,1H3/t27-,28+,29+/m0/s1. The van der Waals surface area contributed by atoms with E-state index in [1.807, 2.05) is 72.8 Å². The zero-order chi connectivity index (χ0) is 27.8. The largest absolute Gasteiger partial charge is 0.493 e. The summed E-state index contributed by atoms with van der Waals surface area (Å²) in [6.45, 7) is 0.367. The van der Waals surface area contributed by atoms with Gasteiger partial charge in [-0.3, -0.25) is 14.4 Å². The number of carbonyl (C=O) groups excluding carboxylic acids is 2. The van der Waals surface area contributed by atoms with E-state index in [2.05, 4.69) is 31.9 Å². The van der Waals surface area contributed by atoms with Gasteiger partial charge in [0.15, 0.2) is 17.6 Å². The van der Waals surface area contributed by atoms with Gasteiger partial charge in [0.05, 0.1) is 24.5 Å². The number of halogens is 2. The summed E-state index contributed by atoms with van der Waals surface area (Å²) in [6.07, 6.45) is -0.978. The van der Waals surface area contributed by atoms with Crippen LogP contribution in [0.15, 0.2) is 106 Å². The third-order valence-electron chi connectivity index (χ3n) is 7.05. The lowest BCUT2D eigenvalue weighted by Crippen LogP contribution is -2.37. The van der Waals surface area contributed by atoms with Gasteiger partial charge in [-0.1, -0.05) is 80.4 Å². The number of methoxy groups -OCH3 is 1. The van der Waals surface area contributed by atoms with Crippen LogP contribution >= 0.6 is 31.9 Å². The summed E-state index contributed by atoms with van der Waals surface area (Å²) in [6, 6.07) is 29.4. The average molecular weight is 664 g/mol. The predicted molar refractivity (Wildman–Crippen MR) is 158 cm³/mol. The van der Waals surface area contributed by atoms with Crippen LogP contribution in [0, 0.1) is 5.92 Å². The van der Waals surface area contributed by atoms with Crippen molar-refractivity contribution in [3.63, 3.8) is 0 Å². The monoisotopic (exact) mass is 662 g/mol. The van der Waals surface area contributed by atoms with Crippen LogP contribution in [0.1, 0.15) is 17.2 Å². The number of anilines is 2. The minimum Gasteiger partial charge on any atom is -0.493 e. The van der Waals surface area contributed by atoms with E-state index < -0.39 is 24.0 Å². The van der Waals surface area contributed by atoms with Crippen molar-refractivity contribution in [2.24, 2.45) is 5.92 Å². The number of hydrogen-bond donors (Lipinski definition) is 0. The molecule has 3 atom stereocenters. The summed E-state index contributed by atoms with van der Waals surface area (Å²) in [5.74, 6) is -0.447. The van der Waals surface area contributed by atoms with Crippen LogP contribution in [-0.4, -0.2) is 25.0 Å². The minimum atomic E-state index is -0.978. The van der Waals surface area contributed by atoms with Gasteiger partial charge in [-0.05, 0) is 59.7 Å². The Bertz CT molecular complexity index is 1550. The Labute approximate surface area is 248 Å². The zero-order valence-electron chi connectivity index (χ0n) is 21.4. The van der Waals surface area contributed by atoms with Gasteiger partial charge in [0.25, 0.3) is 5.91 Å². The number of ether oxygens (including phenoxy) is 2. The Hall–Kier alpha value is -3.66. The summed E-state index contributed by atoms with van der Waals surface area (Å²) >= 11 is 7.13. The Morgan fingerprint density at radius 3 is 2.15 bits per heavy atom. The molecule has 2 aliphatic rings. The van der Waals surface area contributed by atoms with Crippen molar-refractivity contribution in [2.45, 2.75) is 18.8 Å². The first-order valence-corrected chi connectivity index (χ1v) is 14.2. The van der Waals surface area contributed by atoms with Crippen LogP contribution in [0.5, 0.6) is 11.5 Å². The maximum atomic E-state index is 14.0. The summed E-state index contributed by atoms with van der Waals surface area (Å²) in [5, 5.41) is 1.66. The molecule has 0 unspecified atom stereocenters. The van der Waals surface area contributed by atoms with Crippen molar-refractivity contribution < 1.29 is 23.9 Å². The molecule has 2 fully saturated rings. The molecular formula is C31H24Br2N2O5. The maximum Gasteiger partial charge on any atom is 0.266 e. The van der Waals surface area contributed by atoms with Crippen molar-refractivity contribution in [2.75, 3.05) is 17.1 Å². The van der Waals surface area contributed by atoms with Crippen molar-refractivity contribution in [1.82, 2.24) is 0 Å². The first-order chi connectivity index (χ1) is 19.5. The van der Waals surface area contributed by atoms with Gasteiger partial charge in [-0.2, -0.15) is 0 Å². The first-order valence-electron chi connectivity index (χ1n) is 12.6. The smallest absolute Gasteiger partial charge is 0.266 e. The van der Waals surface area contributed by atoms with Crippen LogP contribution in [-0.2, 0) is 21.0 Å². The van der Waals surface area contributed by atoms with E-state index in [9.17, 15) is 9.59 Å². The SMILES string of the molecule is COc1cc([C@@H]2[C@@H]3C(=O)N(c4ccc(Br)cc4)C(=O)[C@@H]3ON2c2ccccc2)c(Br)cc1OCc1ccccc1. The van der Waals surface area contributed by atoms with Gasteiger partial charge >= 0.3 is 0 Å². The van der Waals surface area contributed by atoms with Gasteiger partial charge < -0.3 is 9.47 Å². The van der Waals surface area contributed by atoms with E-state index in [1.54, 1.807) is 36.4 Å².